The highest BCUT2D eigenvalue weighted by Gasteiger charge is 2.55. The van der Waals surface area contributed by atoms with E-state index in [-0.39, 0.29) is 11.3 Å². The number of rotatable bonds is 2. The van der Waals surface area contributed by atoms with Gasteiger partial charge in [0.1, 0.15) is 0 Å². The van der Waals surface area contributed by atoms with Crippen LogP contribution in [0, 0.1) is 39.4 Å². The van der Waals surface area contributed by atoms with Gasteiger partial charge in [-0.25, -0.2) is 0 Å². The summed E-state index contributed by atoms with van der Waals surface area (Å²) in [4.78, 5) is 0. The van der Waals surface area contributed by atoms with Crippen LogP contribution in [0.2, 0.25) is 10.0 Å². The number of allylic oxidation sites excluding steroid dienone is 2. The average molecular weight is 379 g/mol. The topological polar surface area (TPSA) is 97.4 Å². The number of hydrogen-bond donors (Lipinski definition) is 1. The fraction of sp³-hybridized carbons (Fsp3) is 0.150. The molecule has 126 valence electrons. The summed E-state index contributed by atoms with van der Waals surface area (Å²) in [5.41, 5.74) is 6.24. The van der Waals surface area contributed by atoms with Crippen molar-refractivity contribution in [3.8, 4) is 18.2 Å². The molecule has 26 heavy (non-hydrogen) atoms. The summed E-state index contributed by atoms with van der Waals surface area (Å²) in [6, 6.07) is 20.1. The lowest BCUT2D eigenvalue weighted by atomic mass is 9.70. The van der Waals surface area contributed by atoms with Gasteiger partial charge >= 0.3 is 0 Å². The fourth-order valence-electron chi connectivity index (χ4n) is 3.52. The van der Waals surface area contributed by atoms with E-state index in [1.165, 1.54) is 0 Å². The van der Waals surface area contributed by atoms with Crippen molar-refractivity contribution in [1.82, 2.24) is 0 Å². The van der Waals surface area contributed by atoms with E-state index in [1.807, 2.05) is 0 Å². The molecule has 1 aliphatic carbocycles. The van der Waals surface area contributed by atoms with Gasteiger partial charge in [-0.1, -0.05) is 47.5 Å². The quantitative estimate of drug-likeness (QED) is 0.822. The third-order valence-electron chi connectivity index (χ3n) is 4.76. The molecule has 2 atom stereocenters. The maximum atomic E-state index is 9.85. The van der Waals surface area contributed by atoms with Gasteiger partial charge in [0.05, 0.1) is 29.5 Å². The lowest BCUT2D eigenvalue weighted by Crippen LogP contribution is -2.29. The van der Waals surface area contributed by atoms with E-state index in [1.54, 1.807) is 48.5 Å². The molecule has 2 aromatic carbocycles. The second-order valence-corrected chi connectivity index (χ2v) is 6.90. The second-order valence-electron chi connectivity index (χ2n) is 6.03. The summed E-state index contributed by atoms with van der Waals surface area (Å²) >= 11 is 12.0. The molecular formula is C20H12Cl2N4. The van der Waals surface area contributed by atoms with Crippen LogP contribution in [0.3, 0.4) is 0 Å². The smallest absolute Gasteiger partial charge is 0.191 e. The van der Waals surface area contributed by atoms with Crippen LogP contribution in [0.5, 0.6) is 0 Å². The minimum absolute atomic E-state index is 0.00454. The zero-order valence-corrected chi connectivity index (χ0v) is 15.0. The van der Waals surface area contributed by atoms with E-state index < -0.39 is 17.3 Å². The SMILES string of the molecule is N#CC1=C(N)C(C#N)(C#N)[C@@H](c2ccc(Cl)cc2)[C@H]1c1ccc(Cl)cc1. The van der Waals surface area contributed by atoms with Crippen molar-refractivity contribution in [1.29, 1.82) is 15.8 Å². The first-order valence-electron chi connectivity index (χ1n) is 7.72. The van der Waals surface area contributed by atoms with Crippen molar-refractivity contribution < 1.29 is 0 Å². The monoisotopic (exact) mass is 378 g/mol. The molecule has 2 N–H and O–H groups in total. The Bertz CT molecular complexity index is 988. The van der Waals surface area contributed by atoms with Crippen LogP contribution in [0.1, 0.15) is 23.0 Å². The minimum Gasteiger partial charge on any atom is -0.399 e. The summed E-state index contributed by atoms with van der Waals surface area (Å²) in [5, 5.41) is 30.5. The van der Waals surface area contributed by atoms with Crippen molar-refractivity contribution >= 4 is 23.2 Å². The lowest BCUT2D eigenvalue weighted by Gasteiger charge is -2.28. The molecule has 2 aromatic rings. The van der Waals surface area contributed by atoms with E-state index in [0.717, 1.165) is 5.56 Å². The zero-order valence-electron chi connectivity index (χ0n) is 13.4. The van der Waals surface area contributed by atoms with Crippen LogP contribution in [0.25, 0.3) is 0 Å². The lowest BCUT2D eigenvalue weighted by molar-refractivity contribution is 0.475. The standard InChI is InChI=1S/C20H12Cl2N4/c21-14-5-1-12(2-6-14)17-16(9-23)19(26)20(10-24,11-25)18(17)13-3-7-15(22)8-4-13/h1-8,17-18H,26H2/t17-,18-/m0/s1. The highest BCUT2D eigenvalue weighted by molar-refractivity contribution is 6.30. The number of nitrogens with two attached hydrogens (primary N) is 1. The van der Waals surface area contributed by atoms with E-state index in [2.05, 4.69) is 18.2 Å². The van der Waals surface area contributed by atoms with E-state index in [4.69, 9.17) is 28.9 Å². The van der Waals surface area contributed by atoms with Gasteiger partial charge in [-0.2, -0.15) is 15.8 Å². The summed E-state index contributed by atoms with van der Waals surface area (Å²) < 4.78 is 0. The summed E-state index contributed by atoms with van der Waals surface area (Å²) in [7, 11) is 0. The predicted octanol–water partition coefficient (Wildman–Crippen LogP) is 4.64. The molecule has 0 fully saturated rings. The van der Waals surface area contributed by atoms with Gasteiger partial charge in [0, 0.05) is 21.9 Å². The molecule has 0 unspecified atom stereocenters. The highest BCUT2D eigenvalue weighted by Crippen LogP contribution is 2.57. The van der Waals surface area contributed by atoms with Gasteiger partial charge in [-0.15, -0.1) is 0 Å². The first-order chi connectivity index (χ1) is 12.5. The molecule has 0 radical (unpaired) electrons. The number of nitrogens with zero attached hydrogens (tertiary/aromatic N) is 3. The molecule has 0 spiro atoms. The van der Waals surface area contributed by atoms with Crippen LogP contribution in [0.15, 0.2) is 59.8 Å². The first-order valence-corrected chi connectivity index (χ1v) is 8.47. The highest BCUT2D eigenvalue weighted by atomic mass is 35.5. The van der Waals surface area contributed by atoms with Crippen LogP contribution in [-0.4, -0.2) is 0 Å². The number of hydrogen-bond acceptors (Lipinski definition) is 4. The summed E-state index contributed by atoms with van der Waals surface area (Å²) in [6.45, 7) is 0. The van der Waals surface area contributed by atoms with Gasteiger partial charge < -0.3 is 5.73 Å². The van der Waals surface area contributed by atoms with Crippen molar-refractivity contribution in [2.75, 3.05) is 0 Å². The van der Waals surface area contributed by atoms with Crippen LogP contribution >= 0.6 is 23.2 Å². The van der Waals surface area contributed by atoms with Gasteiger partial charge in [-0.05, 0) is 35.4 Å². The van der Waals surface area contributed by atoms with Crippen molar-refractivity contribution in [3.05, 3.63) is 81.0 Å². The minimum atomic E-state index is -1.64. The molecule has 1 aliphatic rings. The fourth-order valence-corrected chi connectivity index (χ4v) is 3.77. The first kappa shape index (κ1) is 17.8. The molecule has 0 aromatic heterocycles. The van der Waals surface area contributed by atoms with Gasteiger partial charge in [0.2, 0.25) is 0 Å². The Morgan fingerprint density at radius 1 is 0.808 bits per heavy atom. The average Bonchev–Trinajstić information content (AvgIpc) is 2.91. The van der Waals surface area contributed by atoms with E-state index in [0.29, 0.717) is 15.6 Å². The number of nitriles is 3. The third-order valence-corrected chi connectivity index (χ3v) is 5.26. The molecule has 0 aliphatic heterocycles. The molecule has 0 bridgehead atoms. The van der Waals surface area contributed by atoms with Crippen molar-refractivity contribution in [2.45, 2.75) is 11.8 Å². The largest absolute Gasteiger partial charge is 0.399 e. The molecular weight excluding hydrogens is 367 g/mol. The van der Waals surface area contributed by atoms with Crippen molar-refractivity contribution in [2.24, 2.45) is 11.1 Å². The van der Waals surface area contributed by atoms with E-state index in [9.17, 15) is 15.8 Å². The Morgan fingerprint density at radius 2 is 1.27 bits per heavy atom. The maximum Gasteiger partial charge on any atom is 0.191 e. The Labute approximate surface area is 161 Å². The Morgan fingerprint density at radius 3 is 1.69 bits per heavy atom. The molecule has 6 heteroatoms. The number of benzene rings is 2. The zero-order chi connectivity index (χ0) is 18.9. The third kappa shape index (κ3) is 2.59. The van der Waals surface area contributed by atoms with Crippen LogP contribution < -0.4 is 5.73 Å². The molecule has 4 nitrogen and oxygen atoms in total. The van der Waals surface area contributed by atoms with E-state index >= 15 is 0 Å². The van der Waals surface area contributed by atoms with Crippen molar-refractivity contribution in [3.63, 3.8) is 0 Å². The molecule has 0 heterocycles. The maximum absolute atomic E-state index is 9.85. The summed E-state index contributed by atoms with van der Waals surface area (Å²) in [5.74, 6) is -1.16. The van der Waals surface area contributed by atoms with Crippen LogP contribution in [-0.2, 0) is 0 Å². The predicted molar refractivity (Wildman–Crippen MR) is 98.9 cm³/mol. The summed E-state index contributed by atoms with van der Waals surface area (Å²) in [6.07, 6.45) is 0. The molecule has 3 rings (SSSR count). The normalized spacial score (nSPS) is 20.9. The Kier molecular flexibility index (Phi) is 4.62. The van der Waals surface area contributed by atoms with Gasteiger partial charge in [0.15, 0.2) is 5.41 Å². The molecule has 0 amide bonds. The second kappa shape index (κ2) is 6.74. The molecule has 0 saturated carbocycles. The Hall–Kier alpha value is -2.97. The molecule has 0 saturated heterocycles. The Balaban J connectivity index is 2.29. The number of halogens is 2. The van der Waals surface area contributed by atoms with Gasteiger partial charge in [-0.3, -0.25) is 0 Å². The van der Waals surface area contributed by atoms with Crippen LogP contribution in [0.4, 0.5) is 0 Å². The van der Waals surface area contributed by atoms with Gasteiger partial charge in [0.25, 0.3) is 0 Å².